The Morgan fingerprint density at radius 1 is 1.48 bits per heavy atom. The maximum absolute atomic E-state index is 12.2. The van der Waals surface area contributed by atoms with Crippen LogP contribution in [0.25, 0.3) is 6.08 Å². The van der Waals surface area contributed by atoms with Crippen molar-refractivity contribution in [2.24, 2.45) is 0 Å². The lowest BCUT2D eigenvalue weighted by Gasteiger charge is -2.14. The molecule has 0 saturated heterocycles. The monoisotopic (exact) mass is 331 g/mol. The van der Waals surface area contributed by atoms with E-state index in [-0.39, 0.29) is 16.0 Å². The fourth-order valence-electron chi connectivity index (χ4n) is 1.83. The zero-order valence-electron chi connectivity index (χ0n) is 11.8. The normalized spacial score (nSPS) is 13.5. The van der Waals surface area contributed by atoms with E-state index in [2.05, 4.69) is 4.72 Å². The molecule has 1 rings (SSSR count). The highest BCUT2D eigenvalue weighted by molar-refractivity contribution is 7.89. The van der Waals surface area contributed by atoms with Crippen molar-refractivity contribution in [2.45, 2.75) is 37.6 Å². The van der Waals surface area contributed by atoms with Crippen LogP contribution in [-0.2, 0) is 14.8 Å². The Bertz CT molecular complexity index is 640. The predicted molar refractivity (Wildman–Crippen MR) is 82.8 cm³/mol. The van der Waals surface area contributed by atoms with Gasteiger partial charge in [-0.1, -0.05) is 31.0 Å². The summed E-state index contributed by atoms with van der Waals surface area (Å²) in [5.74, 6) is -1.09. The second kappa shape index (κ2) is 7.59. The number of hydrogen-bond acceptors (Lipinski definition) is 3. The van der Waals surface area contributed by atoms with Crippen molar-refractivity contribution in [3.05, 3.63) is 34.9 Å². The maximum Gasteiger partial charge on any atom is 0.328 e. The van der Waals surface area contributed by atoms with E-state index < -0.39 is 16.0 Å². The van der Waals surface area contributed by atoms with Crippen molar-refractivity contribution in [1.29, 1.82) is 0 Å². The van der Waals surface area contributed by atoms with Crippen LogP contribution in [0, 0.1) is 0 Å². The molecule has 0 bridgehead atoms. The summed E-state index contributed by atoms with van der Waals surface area (Å²) in [5, 5.41) is 8.61. The maximum atomic E-state index is 12.2. The highest BCUT2D eigenvalue weighted by atomic mass is 35.5. The van der Waals surface area contributed by atoms with Crippen molar-refractivity contribution < 1.29 is 18.3 Å². The molecule has 1 atom stereocenters. The lowest BCUT2D eigenvalue weighted by Crippen LogP contribution is -2.32. The molecule has 0 aliphatic rings. The van der Waals surface area contributed by atoms with Crippen LogP contribution in [0.3, 0.4) is 0 Å². The van der Waals surface area contributed by atoms with Crippen LogP contribution in [0.5, 0.6) is 0 Å². The molecule has 0 aromatic heterocycles. The minimum absolute atomic E-state index is 0.0143. The molecule has 2 N–H and O–H groups in total. The topological polar surface area (TPSA) is 83.5 Å². The smallest absolute Gasteiger partial charge is 0.328 e. The third kappa shape index (κ3) is 5.49. The molecule has 1 unspecified atom stereocenters. The fraction of sp³-hybridized carbons (Fsp3) is 0.357. The Kier molecular flexibility index (Phi) is 6.39. The molecule has 0 amide bonds. The number of carboxylic acid groups (broad SMARTS) is 1. The molecule has 0 radical (unpaired) electrons. The molecule has 0 saturated carbocycles. The van der Waals surface area contributed by atoms with E-state index in [1.54, 1.807) is 6.92 Å². The summed E-state index contributed by atoms with van der Waals surface area (Å²) in [6, 6.07) is 4.11. The van der Waals surface area contributed by atoms with E-state index in [1.165, 1.54) is 24.3 Å². The lowest BCUT2D eigenvalue weighted by atomic mass is 10.2. The predicted octanol–water partition coefficient (Wildman–Crippen LogP) is 2.90. The first-order valence-corrected chi connectivity index (χ1v) is 8.35. The van der Waals surface area contributed by atoms with Crippen LogP contribution in [0.15, 0.2) is 29.2 Å². The first-order valence-electron chi connectivity index (χ1n) is 6.49. The first-order chi connectivity index (χ1) is 9.76. The van der Waals surface area contributed by atoms with Gasteiger partial charge in [0, 0.05) is 12.1 Å². The quantitative estimate of drug-likeness (QED) is 0.752. The minimum Gasteiger partial charge on any atom is -0.478 e. The highest BCUT2D eigenvalue weighted by Crippen LogP contribution is 2.23. The van der Waals surface area contributed by atoms with Crippen molar-refractivity contribution in [2.75, 3.05) is 0 Å². The van der Waals surface area contributed by atoms with E-state index >= 15 is 0 Å². The number of carbonyl (C=O) groups is 1. The van der Waals surface area contributed by atoms with Crippen molar-refractivity contribution in [3.8, 4) is 0 Å². The second-order valence-corrected chi connectivity index (χ2v) is 6.76. The zero-order chi connectivity index (χ0) is 16.0. The summed E-state index contributed by atoms with van der Waals surface area (Å²) in [5.41, 5.74) is 0.517. The van der Waals surface area contributed by atoms with E-state index in [9.17, 15) is 13.2 Å². The molecule has 116 valence electrons. The van der Waals surface area contributed by atoms with Gasteiger partial charge in [-0.05, 0) is 37.1 Å². The van der Waals surface area contributed by atoms with Crippen molar-refractivity contribution >= 4 is 33.7 Å². The van der Waals surface area contributed by atoms with E-state index in [4.69, 9.17) is 16.7 Å². The molecule has 0 aliphatic carbocycles. The molecule has 7 heteroatoms. The summed E-state index contributed by atoms with van der Waals surface area (Å²) in [6.45, 7) is 3.76. The number of sulfonamides is 1. The van der Waals surface area contributed by atoms with Gasteiger partial charge in [0.05, 0.1) is 5.02 Å². The molecule has 5 nitrogen and oxygen atoms in total. The Morgan fingerprint density at radius 2 is 2.14 bits per heavy atom. The highest BCUT2D eigenvalue weighted by Gasteiger charge is 2.20. The molecule has 0 spiro atoms. The standard InChI is InChI=1S/C14H18ClNO4S/c1-3-4-10(2)16-21(19,20)13-7-5-11(9-12(13)15)6-8-14(17)18/h5-10,16H,3-4H2,1-2H3,(H,17,18). The van der Waals surface area contributed by atoms with Crippen LogP contribution in [0.1, 0.15) is 32.3 Å². The van der Waals surface area contributed by atoms with Gasteiger partial charge in [0.15, 0.2) is 0 Å². The first kappa shape index (κ1) is 17.7. The summed E-state index contributed by atoms with van der Waals surface area (Å²) >= 11 is 5.99. The van der Waals surface area contributed by atoms with E-state index in [1.807, 2.05) is 6.92 Å². The Hall–Kier alpha value is -1.37. The van der Waals surface area contributed by atoms with Gasteiger partial charge in [0.25, 0.3) is 0 Å². The molecule has 1 aromatic rings. The number of halogens is 1. The van der Waals surface area contributed by atoms with Gasteiger partial charge in [-0.2, -0.15) is 0 Å². The number of hydrogen-bond donors (Lipinski definition) is 2. The summed E-state index contributed by atoms with van der Waals surface area (Å²) in [6.07, 6.45) is 3.91. The summed E-state index contributed by atoms with van der Waals surface area (Å²) in [7, 11) is -3.68. The number of rotatable bonds is 7. The molecular formula is C14H18ClNO4S. The van der Waals surface area contributed by atoms with Crippen LogP contribution in [0.2, 0.25) is 5.02 Å². The molecular weight excluding hydrogens is 314 g/mol. The largest absolute Gasteiger partial charge is 0.478 e. The van der Waals surface area contributed by atoms with Crippen molar-refractivity contribution in [1.82, 2.24) is 4.72 Å². The zero-order valence-corrected chi connectivity index (χ0v) is 13.4. The van der Waals surface area contributed by atoms with Gasteiger partial charge in [-0.25, -0.2) is 17.9 Å². The molecule has 0 fully saturated rings. The minimum atomic E-state index is -3.68. The molecule has 21 heavy (non-hydrogen) atoms. The number of aliphatic carboxylic acids is 1. The molecule has 1 aromatic carbocycles. The Morgan fingerprint density at radius 3 is 2.67 bits per heavy atom. The molecule has 0 aliphatic heterocycles. The number of nitrogens with one attached hydrogen (secondary N) is 1. The van der Waals surface area contributed by atoms with E-state index in [0.717, 1.165) is 18.9 Å². The fourth-order valence-corrected chi connectivity index (χ4v) is 3.66. The van der Waals surface area contributed by atoms with Crippen LogP contribution in [0.4, 0.5) is 0 Å². The Labute approximate surface area is 129 Å². The lowest BCUT2D eigenvalue weighted by molar-refractivity contribution is -0.131. The molecule has 0 heterocycles. The van der Waals surface area contributed by atoms with Gasteiger partial charge >= 0.3 is 5.97 Å². The van der Waals surface area contributed by atoms with Crippen LogP contribution >= 0.6 is 11.6 Å². The van der Waals surface area contributed by atoms with Gasteiger partial charge in [0.2, 0.25) is 10.0 Å². The van der Waals surface area contributed by atoms with E-state index in [0.29, 0.717) is 5.56 Å². The average Bonchev–Trinajstić information content (AvgIpc) is 2.35. The average molecular weight is 332 g/mol. The third-order valence-corrected chi connectivity index (χ3v) is 4.81. The Balaban J connectivity index is 3.01. The second-order valence-electron chi connectivity index (χ2n) is 4.67. The number of carboxylic acids is 1. The van der Waals surface area contributed by atoms with Crippen LogP contribution in [-0.4, -0.2) is 25.5 Å². The summed E-state index contributed by atoms with van der Waals surface area (Å²) in [4.78, 5) is 10.4. The van der Waals surface area contributed by atoms with Crippen molar-refractivity contribution in [3.63, 3.8) is 0 Å². The number of benzene rings is 1. The van der Waals surface area contributed by atoms with Gasteiger partial charge in [-0.15, -0.1) is 0 Å². The van der Waals surface area contributed by atoms with Gasteiger partial charge in [-0.3, -0.25) is 0 Å². The summed E-state index contributed by atoms with van der Waals surface area (Å²) < 4.78 is 27.0. The SMILES string of the molecule is CCCC(C)NS(=O)(=O)c1ccc(C=CC(=O)O)cc1Cl. The van der Waals surface area contributed by atoms with Gasteiger partial charge in [0.1, 0.15) is 4.90 Å². The van der Waals surface area contributed by atoms with Gasteiger partial charge < -0.3 is 5.11 Å². The third-order valence-electron chi connectivity index (χ3n) is 2.74. The van der Waals surface area contributed by atoms with Crippen LogP contribution < -0.4 is 4.72 Å².